The van der Waals surface area contributed by atoms with E-state index in [4.69, 9.17) is 9.72 Å². The third kappa shape index (κ3) is 3.76. The number of carbonyl (C=O) groups is 2. The summed E-state index contributed by atoms with van der Waals surface area (Å²) in [6, 6.07) is 4.34. The quantitative estimate of drug-likeness (QED) is 0.471. The molecule has 5 rings (SSSR count). The molecule has 7 nitrogen and oxygen atoms in total. The molecular weight excluding hydrogens is 428 g/mol. The number of aromatic nitrogens is 4. The molecule has 2 aliphatic rings. The van der Waals surface area contributed by atoms with Crippen molar-refractivity contribution in [2.45, 2.75) is 78.4 Å². The Morgan fingerprint density at radius 1 is 1.09 bits per heavy atom. The molecule has 1 atom stereocenters. The van der Waals surface area contributed by atoms with Gasteiger partial charge in [0.25, 0.3) is 0 Å². The van der Waals surface area contributed by atoms with Crippen LogP contribution in [-0.2, 0) is 33.6 Å². The third-order valence-corrected chi connectivity index (χ3v) is 7.64. The van der Waals surface area contributed by atoms with Crippen LogP contribution >= 0.6 is 0 Å². The number of benzene rings is 1. The van der Waals surface area contributed by atoms with E-state index in [-0.39, 0.29) is 17.8 Å². The minimum Gasteiger partial charge on any atom is -0.358 e. The lowest BCUT2D eigenvalue weighted by Crippen LogP contribution is -2.37. The van der Waals surface area contributed by atoms with E-state index in [0.717, 1.165) is 78.7 Å². The van der Waals surface area contributed by atoms with Gasteiger partial charge in [0.15, 0.2) is 5.65 Å². The van der Waals surface area contributed by atoms with Crippen molar-refractivity contribution in [2.75, 3.05) is 6.61 Å². The lowest BCUT2D eigenvalue weighted by molar-refractivity contribution is -0.137. The van der Waals surface area contributed by atoms with Crippen LogP contribution in [0.4, 0.5) is 0 Å². The summed E-state index contributed by atoms with van der Waals surface area (Å²) in [5.41, 5.74) is 5.77. The fourth-order valence-electron chi connectivity index (χ4n) is 5.53. The fourth-order valence-corrected chi connectivity index (χ4v) is 5.53. The van der Waals surface area contributed by atoms with Gasteiger partial charge in [0.2, 0.25) is 0 Å². The van der Waals surface area contributed by atoms with Crippen LogP contribution < -0.4 is 0 Å². The van der Waals surface area contributed by atoms with Gasteiger partial charge in [-0.25, -0.2) is 15.0 Å². The van der Waals surface area contributed by atoms with E-state index in [0.29, 0.717) is 12.8 Å². The Balaban J connectivity index is 1.62. The minimum atomic E-state index is -0.941. The zero-order chi connectivity index (χ0) is 23.9. The van der Waals surface area contributed by atoms with Gasteiger partial charge >= 0.3 is 0 Å². The van der Waals surface area contributed by atoms with Crippen molar-refractivity contribution in [3.8, 4) is 11.3 Å². The smallest absolute Gasteiger partial charge is 0.165 e. The molecule has 1 fully saturated rings. The maximum atomic E-state index is 12.6. The van der Waals surface area contributed by atoms with Crippen LogP contribution in [0, 0.1) is 5.41 Å². The summed E-state index contributed by atoms with van der Waals surface area (Å²) in [5.74, 6) is -0.105. The molecule has 0 spiro atoms. The first-order valence-electron chi connectivity index (χ1n) is 12.4. The largest absolute Gasteiger partial charge is 0.358 e. The first kappa shape index (κ1) is 22.8. The maximum Gasteiger partial charge on any atom is 0.165 e. The zero-order valence-electron chi connectivity index (χ0n) is 20.3. The molecule has 0 radical (unpaired) electrons. The highest BCUT2D eigenvalue weighted by molar-refractivity contribution is 6.06. The monoisotopic (exact) mass is 460 g/mol. The number of hydrogen-bond donors (Lipinski definition) is 0. The van der Waals surface area contributed by atoms with E-state index >= 15 is 0 Å². The maximum absolute atomic E-state index is 12.6. The van der Waals surface area contributed by atoms with Crippen molar-refractivity contribution in [3.05, 3.63) is 41.5 Å². The predicted molar refractivity (Wildman–Crippen MR) is 129 cm³/mol. The number of hydrogen-bond acceptors (Lipinski definition) is 6. The van der Waals surface area contributed by atoms with Crippen LogP contribution in [0.1, 0.15) is 75.8 Å². The van der Waals surface area contributed by atoms with Gasteiger partial charge in [-0.15, -0.1) is 0 Å². The molecule has 1 aliphatic heterocycles. The number of fused-ring (bicyclic) bond motifs is 2. The van der Waals surface area contributed by atoms with Gasteiger partial charge in [0.05, 0.1) is 11.7 Å². The summed E-state index contributed by atoms with van der Waals surface area (Å²) in [4.78, 5) is 39.1. The SMILES string of the molecule is CCCCc1cc2c(cc1-c1ncnc3c1ncn3C1CCCCO1)CC(C(C)=O)(C(C)=O)C2. The summed E-state index contributed by atoms with van der Waals surface area (Å²) >= 11 is 0. The van der Waals surface area contributed by atoms with E-state index < -0.39 is 5.41 Å². The van der Waals surface area contributed by atoms with Crippen LogP contribution in [0.5, 0.6) is 0 Å². The Bertz CT molecular complexity index is 1240. The Morgan fingerprint density at radius 2 is 1.85 bits per heavy atom. The van der Waals surface area contributed by atoms with Crippen molar-refractivity contribution in [1.29, 1.82) is 0 Å². The van der Waals surface area contributed by atoms with Crippen LogP contribution in [-0.4, -0.2) is 37.7 Å². The highest BCUT2D eigenvalue weighted by Crippen LogP contribution is 2.42. The summed E-state index contributed by atoms with van der Waals surface area (Å²) in [6.45, 7) is 6.01. The van der Waals surface area contributed by atoms with Crippen molar-refractivity contribution >= 4 is 22.7 Å². The molecule has 0 amide bonds. The van der Waals surface area contributed by atoms with Crippen molar-refractivity contribution in [1.82, 2.24) is 19.5 Å². The molecule has 3 heterocycles. The van der Waals surface area contributed by atoms with Gasteiger partial charge in [-0.05, 0) is 81.5 Å². The van der Waals surface area contributed by atoms with Gasteiger partial charge in [-0.2, -0.15) is 0 Å². The number of unbranched alkanes of at least 4 members (excludes halogenated alkanes) is 1. The number of nitrogens with zero attached hydrogens (tertiary/aromatic N) is 4. The summed E-state index contributed by atoms with van der Waals surface area (Å²) < 4.78 is 8.00. The lowest BCUT2D eigenvalue weighted by atomic mass is 9.77. The molecule has 3 aromatic rings. The minimum absolute atomic E-state index is 0.0483. The van der Waals surface area contributed by atoms with Gasteiger partial charge in [-0.3, -0.25) is 14.2 Å². The summed E-state index contributed by atoms with van der Waals surface area (Å²) in [6.07, 6.45) is 10.5. The molecule has 7 heteroatoms. The number of imidazole rings is 1. The van der Waals surface area contributed by atoms with E-state index in [2.05, 4.69) is 29.0 Å². The predicted octanol–water partition coefficient (Wildman–Crippen LogP) is 4.80. The average molecular weight is 461 g/mol. The molecule has 1 saturated heterocycles. The lowest BCUT2D eigenvalue weighted by Gasteiger charge is -2.23. The number of aryl methyl sites for hydroxylation is 1. The van der Waals surface area contributed by atoms with E-state index in [1.807, 2.05) is 10.9 Å². The van der Waals surface area contributed by atoms with E-state index in [1.165, 1.54) is 5.56 Å². The highest BCUT2D eigenvalue weighted by Gasteiger charge is 2.45. The van der Waals surface area contributed by atoms with Crippen LogP contribution in [0.2, 0.25) is 0 Å². The number of ketones is 2. The van der Waals surface area contributed by atoms with E-state index in [9.17, 15) is 9.59 Å². The normalized spacial score (nSPS) is 19.3. The molecule has 1 aliphatic carbocycles. The summed E-state index contributed by atoms with van der Waals surface area (Å²) in [7, 11) is 0. The van der Waals surface area contributed by atoms with Crippen LogP contribution in [0.25, 0.3) is 22.4 Å². The Morgan fingerprint density at radius 3 is 2.53 bits per heavy atom. The second-order valence-corrected chi connectivity index (χ2v) is 9.80. The van der Waals surface area contributed by atoms with E-state index in [1.54, 1.807) is 20.2 Å². The Kier molecular flexibility index (Phi) is 6.06. The van der Waals surface area contributed by atoms with Gasteiger partial charge in [-0.1, -0.05) is 19.4 Å². The van der Waals surface area contributed by atoms with Gasteiger partial charge in [0, 0.05) is 12.2 Å². The van der Waals surface area contributed by atoms with Crippen molar-refractivity contribution in [3.63, 3.8) is 0 Å². The molecule has 34 heavy (non-hydrogen) atoms. The molecule has 178 valence electrons. The number of carbonyl (C=O) groups excluding carboxylic acids is 2. The zero-order valence-corrected chi connectivity index (χ0v) is 20.3. The Hall–Kier alpha value is -2.93. The molecule has 1 unspecified atom stereocenters. The number of rotatable bonds is 7. The molecule has 0 bridgehead atoms. The second kappa shape index (κ2) is 9.02. The second-order valence-electron chi connectivity index (χ2n) is 9.80. The molecule has 1 aromatic carbocycles. The molecule has 2 aromatic heterocycles. The molecule has 0 N–H and O–H groups in total. The fraction of sp³-hybridized carbons (Fsp3) is 0.519. The topological polar surface area (TPSA) is 87.0 Å². The van der Waals surface area contributed by atoms with Gasteiger partial charge < -0.3 is 4.74 Å². The molecular formula is C27H32N4O3. The first-order chi connectivity index (χ1) is 16.4. The standard InChI is InChI=1S/C27H32N4O3/c1-4-5-8-19-11-20-13-27(17(2)32,18(3)33)14-21(20)12-22(19)24-25-26(29-15-28-24)31(16-30-25)23-9-6-7-10-34-23/h11-12,15-16,23H,4-10,13-14H2,1-3H3. The van der Waals surface area contributed by atoms with Crippen LogP contribution in [0.3, 0.4) is 0 Å². The van der Waals surface area contributed by atoms with Gasteiger partial charge in [0.1, 0.15) is 35.3 Å². The average Bonchev–Trinajstić information content (AvgIpc) is 3.45. The third-order valence-electron chi connectivity index (χ3n) is 7.64. The first-order valence-corrected chi connectivity index (χ1v) is 12.4. The van der Waals surface area contributed by atoms with Crippen molar-refractivity contribution < 1.29 is 14.3 Å². The van der Waals surface area contributed by atoms with Crippen LogP contribution in [0.15, 0.2) is 24.8 Å². The highest BCUT2D eigenvalue weighted by atomic mass is 16.5. The van der Waals surface area contributed by atoms with Crippen molar-refractivity contribution in [2.24, 2.45) is 5.41 Å². The summed E-state index contributed by atoms with van der Waals surface area (Å²) in [5, 5.41) is 0. The number of ether oxygens (including phenoxy) is 1. The Labute approximate surface area is 200 Å². The molecule has 0 saturated carbocycles. The number of Topliss-reactive ketones (excluding diaryl/α,β-unsaturated/α-hetero) is 2.